The van der Waals surface area contributed by atoms with E-state index in [0.717, 1.165) is 4.88 Å². The lowest BCUT2D eigenvalue weighted by Gasteiger charge is -2.13. The predicted molar refractivity (Wildman–Crippen MR) is 74.3 cm³/mol. The van der Waals surface area contributed by atoms with Gasteiger partial charge in [0.2, 0.25) is 0 Å². The van der Waals surface area contributed by atoms with E-state index in [1.165, 1.54) is 18.2 Å². The summed E-state index contributed by atoms with van der Waals surface area (Å²) >= 11 is 4.82. The van der Waals surface area contributed by atoms with Crippen molar-refractivity contribution >= 4 is 33.2 Å². The maximum absolute atomic E-state index is 13.1. The first-order valence-corrected chi connectivity index (χ1v) is 7.04. The number of halogens is 2. The summed E-state index contributed by atoms with van der Waals surface area (Å²) in [5, 5.41) is 4.80. The van der Waals surface area contributed by atoms with Gasteiger partial charge in [-0.2, -0.15) is 0 Å². The molecule has 0 aliphatic heterocycles. The maximum Gasteiger partial charge on any atom is 0.253 e. The lowest BCUT2D eigenvalue weighted by molar-refractivity contribution is 0.0939. The zero-order chi connectivity index (χ0) is 13.1. The van der Waals surface area contributed by atoms with Gasteiger partial charge in [-0.15, -0.1) is 11.3 Å². The number of nitrogens with one attached hydrogen (secondary N) is 1. The maximum atomic E-state index is 13.1. The van der Waals surface area contributed by atoms with Crippen LogP contribution in [-0.4, -0.2) is 5.91 Å². The summed E-state index contributed by atoms with van der Waals surface area (Å²) in [6, 6.07) is 7.86. The van der Waals surface area contributed by atoms with Crippen molar-refractivity contribution in [2.75, 3.05) is 0 Å². The Hall–Kier alpha value is -1.20. The first-order valence-electron chi connectivity index (χ1n) is 5.37. The zero-order valence-electron chi connectivity index (χ0n) is 9.61. The van der Waals surface area contributed by atoms with Gasteiger partial charge in [0.15, 0.2) is 0 Å². The molecule has 1 N–H and O–H groups in total. The molecule has 5 heteroatoms. The standard InChI is InChI=1S/C13H11BrFNOS/c1-8(12-3-2-6-18-12)16-13(17)10-7-9(15)4-5-11(10)14/h2-8H,1H3,(H,16,17)/t8-/m0/s1. The van der Waals surface area contributed by atoms with Gasteiger partial charge in [0.1, 0.15) is 5.82 Å². The van der Waals surface area contributed by atoms with E-state index >= 15 is 0 Å². The molecule has 2 rings (SSSR count). The Labute approximate surface area is 117 Å². The summed E-state index contributed by atoms with van der Waals surface area (Å²) < 4.78 is 13.7. The molecule has 0 radical (unpaired) electrons. The third kappa shape index (κ3) is 2.97. The van der Waals surface area contributed by atoms with Crippen molar-refractivity contribution in [3.63, 3.8) is 0 Å². The van der Waals surface area contributed by atoms with Crippen molar-refractivity contribution in [1.82, 2.24) is 5.32 Å². The second-order valence-electron chi connectivity index (χ2n) is 3.83. The molecule has 1 atom stereocenters. The molecule has 0 aliphatic rings. The van der Waals surface area contributed by atoms with Gasteiger partial charge in [0, 0.05) is 9.35 Å². The largest absolute Gasteiger partial charge is 0.345 e. The van der Waals surface area contributed by atoms with E-state index < -0.39 is 5.82 Å². The summed E-state index contributed by atoms with van der Waals surface area (Å²) in [5.41, 5.74) is 0.304. The van der Waals surface area contributed by atoms with Crippen LogP contribution in [0.3, 0.4) is 0 Å². The van der Waals surface area contributed by atoms with Crippen LogP contribution in [0.1, 0.15) is 28.2 Å². The third-order valence-electron chi connectivity index (χ3n) is 2.49. The lowest BCUT2D eigenvalue weighted by atomic mass is 10.2. The molecule has 1 aromatic heterocycles. The van der Waals surface area contributed by atoms with Gasteiger partial charge in [-0.05, 0) is 52.5 Å². The van der Waals surface area contributed by atoms with Crippen molar-refractivity contribution in [1.29, 1.82) is 0 Å². The van der Waals surface area contributed by atoms with Crippen LogP contribution < -0.4 is 5.32 Å². The summed E-state index contributed by atoms with van der Waals surface area (Å²) in [4.78, 5) is 13.1. The molecule has 2 nitrogen and oxygen atoms in total. The molecule has 0 saturated heterocycles. The fourth-order valence-corrected chi connectivity index (χ4v) is 2.72. The first kappa shape index (κ1) is 13.2. The minimum Gasteiger partial charge on any atom is -0.345 e. The predicted octanol–water partition coefficient (Wildman–Crippen LogP) is 4.14. The fourth-order valence-electron chi connectivity index (χ4n) is 1.55. The fraction of sp³-hybridized carbons (Fsp3) is 0.154. The molecule has 0 aliphatic carbocycles. The Morgan fingerprint density at radius 1 is 1.44 bits per heavy atom. The van der Waals surface area contributed by atoms with Gasteiger partial charge in [-0.25, -0.2) is 4.39 Å². The SMILES string of the molecule is C[C@H](NC(=O)c1cc(F)ccc1Br)c1cccs1. The molecular weight excluding hydrogens is 317 g/mol. The Bertz CT molecular complexity index is 556. The van der Waals surface area contributed by atoms with Crippen LogP contribution in [0.5, 0.6) is 0 Å². The average Bonchev–Trinajstić information content (AvgIpc) is 2.85. The molecule has 2 aromatic rings. The van der Waals surface area contributed by atoms with Crippen molar-refractivity contribution in [3.05, 3.63) is 56.4 Å². The Morgan fingerprint density at radius 2 is 2.22 bits per heavy atom. The summed E-state index contributed by atoms with van der Waals surface area (Å²) in [5.74, 6) is -0.714. The topological polar surface area (TPSA) is 29.1 Å². The highest BCUT2D eigenvalue weighted by Crippen LogP contribution is 2.21. The Kier molecular flexibility index (Phi) is 4.14. The summed E-state index contributed by atoms with van der Waals surface area (Å²) in [6.07, 6.45) is 0. The van der Waals surface area contributed by atoms with Crippen molar-refractivity contribution < 1.29 is 9.18 Å². The zero-order valence-corrected chi connectivity index (χ0v) is 12.0. The summed E-state index contributed by atoms with van der Waals surface area (Å²) in [7, 11) is 0. The second-order valence-corrected chi connectivity index (χ2v) is 5.67. The molecule has 1 amide bonds. The molecule has 1 aromatic carbocycles. The van der Waals surface area contributed by atoms with E-state index in [2.05, 4.69) is 21.2 Å². The van der Waals surface area contributed by atoms with E-state index in [-0.39, 0.29) is 11.9 Å². The van der Waals surface area contributed by atoms with Gasteiger partial charge in [-0.3, -0.25) is 4.79 Å². The number of hydrogen-bond acceptors (Lipinski definition) is 2. The summed E-state index contributed by atoms with van der Waals surface area (Å²) in [6.45, 7) is 1.90. The van der Waals surface area contributed by atoms with Crippen LogP contribution in [-0.2, 0) is 0 Å². The molecule has 0 fully saturated rings. The normalized spacial score (nSPS) is 12.2. The highest BCUT2D eigenvalue weighted by molar-refractivity contribution is 9.10. The number of amides is 1. The van der Waals surface area contributed by atoms with Gasteiger partial charge >= 0.3 is 0 Å². The molecule has 0 saturated carbocycles. The van der Waals surface area contributed by atoms with Crippen LogP contribution >= 0.6 is 27.3 Å². The molecule has 0 bridgehead atoms. The smallest absolute Gasteiger partial charge is 0.253 e. The van der Waals surface area contributed by atoms with Crippen LogP contribution in [0.4, 0.5) is 4.39 Å². The Morgan fingerprint density at radius 3 is 2.89 bits per heavy atom. The van der Waals surface area contributed by atoms with Crippen LogP contribution in [0.15, 0.2) is 40.2 Å². The average molecular weight is 328 g/mol. The number of rotatable bonds is 3. The van der Waals surface area contributed by atoms with Gasteiger partial charge in [0.25, 0.3) is 5.91 Å². The van der Waals surface area contributed by atoms with Gasteiger partial charge in [-0.1, -0.05) is 6.07 Å². The van der Waals surface area contributed by atoms with E-state index in [1.807, 2.05) is 24.4 Å². The quantitative estimate of drug-likeness (QED) is 0.901. The Balaban J connectivity index is 2.15. The van der Waals surface area contributed by atoms with Crippen molar-refractivity contribution in [2.45, 2.75) is 13.0 Å². The van der Waals surface area contributed by atoms with E-state index in [1.54, 1.807) is 11.3 Å². The molecule has 0 spiro atoms. The highest BCUT2D eigenvalue weighted by Gasteiger charge is 2.15. The van der Waals surface area contributed by atoms with Crippen LogP contribution in [0.25, 0.3) is 0 Å². The molecule has 0 unspecified atom stereocenters. The second kappa shape index (κ2) is 5.63. The van der Waals surface area contributed by atoms with Crippen molar-refractivity contribution in [3.8, 4) is 0 Å². The number of thiophene rings is 1. The first-order chi connectivity index (χ1) is 8.58. The van der Waals surface area contributed by atoms with E-state index in [9.17, 15) is 9.18 Å². The minimum atomic E-state index is -0.424. The monoisotopic (exact) mass is 327 g/mol. The van der Waals surface area contributed by atoms with Gasteiger partial charge in [0.05, 0.1) is 11.6 Å². The highest BCUT2D eigenvalue weighted by atomic mass is 79.9. The van der Waals surface area contributed by atoms with Crippen LogP contribution in [0.2, 0.25) is 0 Å². The molecule has 94 valence electrons. The van der Waals surface area contributed by atoms with E-state index in [4.69, 9.17) is 0 Å². The number of carbonyl (C=O) groups is 1. The number of benzene rings is 1. The lowest BCUT2D eigenvalue weighted by Crippen LogP contribution is -2.26. The molecular formula is C13H11BrFNOS. The molecule has 1 heterocycles. The molecule has 18 heavy (non-hydrogen) atoms. The minimum absolute atomic E-state index is 0.0901. The third-order valence-corrected chi connectivity index (χ3v) is 4.24. The van der Waals surface area contributed by atoms with Gasteiger partial charge < -0.3 is 5.32 Å². The van der Waals surface area contributed by atoms with Crippen molar-refractivity contribution in [2.24, 2.45) is 0 Å². The van der Waals surface area contributed by atoms with Crippen LogP contribution in [0, 0.1) is 5.82 Å². The number of hydrogen-bond donors (Lipinski definition) is 1. The van der Waals surface area contributed by atoms with E-state index in [0.29, 0.717) is 10.0 Å². The number of carbonyl (C=O) groups excluding carboxylic acids is 1.